The van der Waals surface area contributed by atoms with Crippen molar-refractivity contribution in [2.75, 3.05) is 27.4 Å². The smallest absolute Gasteiger partial charge is 0.245 e. The molecule has 4 heterocycles. The van der Waals surface area contributed by atoms with Gasteiger partial charge in [0.2, 0.25) is 11.8 Å². The van der Waals surface area contributed by atoms with Crippen LogP contribution in [0.3, 0.4) is 0 Å². The summed E-state index contributed by atoms with van der Waals surface area (Å²) in [6, 6.07) is 0. The molecule has 3 aromatic rings. The maximum Gasteiger partial charge on any atom is 0.245 e. The first-order valence-electron chi connectivity index (χ1n) is 12.0. The Balaban J connectivity index is 1.78. The third-order valence-electron chi connectivity index (χ3n) is 6.05. The zero-order valence-electron chi connectivity index (χ0n) is 21.7. The summed E-state index contributed by atoms with van der Waals surface area (Å²) in [4.78, 5) is 16.3. The fraction of sp³-hybridized carbons (Fsp3) is 0.565. The summed E-state index contributed by atoms with van der Waals surface area (Å²) >= 11 is 0. The van der Waals surface area contributed by atoms with E-state index in [-0.39, 0.29) is 41.1 Å². The second kappa shape index (κ2) is 11.6. The standard InChI is InChI=1S/C23H30FN7O6S/c1-13(2)37-19(20-25-8-16(24)9-26-20)14(3)38(32,33)11-17-29-30-21(15-6-7-36-10-15)31(17)18-22(34-4)27-12-28-23(18)35-5/h8-9,12-15,19H,6-7,10-11H2,1-5H3/t14-,15+,19+/m0/s1. The van der Waals surface area contributed by atoms with E-state index in [1.165, 1.54) is 27.5 Å². The highest BCUT2D eigenvalue weighted by Gasteiger charge is 2.37. The van der Waals surface area contributed by atoms with Crippen molar-refractivity contribution in [1.29, 1.82) is 0 Å². The van der Waals surface area contributed by atoms with Gasteiger partial charge in [-0.25, -0.2) is 22.8 Å². The topological polar surface area (TPSA) is 153 Å². The van der Waals surface area contributed by atoms with E-state index in [0.717, 1.165) is 12.4 Å². The lowest BCUT2D eigenvalue weighted by Crippen LogP contribution is -2.32. The number of sulfone groups is 1. The van der Waals surface area contributed by atoms with Crippen molar-refractivity contribution in [2.24, 2.45) is 0 Å². The second-order valence-corrected chi connectivity index (χ2v) is 11.3. The van der Waals surface area contributed by atoms with E-state index in [1.807, 2.05) is 0 Å². The first kappa shape index (κ1) is 27.7. The van der Waals surface area contributed by atoms with E-state index in [4.69, 9.17) is 18.9 Å². The number of ether oxygens (including phenoxy) is 4. The molecule has 0 N–H and O–H groups in total. The summed E-state index contributed by atoms with van der Waals surface area (Å²) in [6.07, 6.45) is 2.49. The molecule has 0 unspecified atom stereocenters. The lowest BCUT2D eigenvalue weighted by Gasteiger charge is -2.25. The fourth-order valence-electron chi connectivity index (χ4n) is 4.15. The van der Waals surface area contributed by atoms with Gasteiger partial charge in [0, 0.05) is 12.5 Å². The molecule has 0 aromatic carbocycles. The van der Waals surface area contributed by atoms with Crippen molar-refractivity contribution in [2.45, 2.75) is 56.3 Å². The van der Waals surface area contributed by atoms with Gasteiger partial charge in [0.1, 0.15) is 24.0 Å². The van der Waals surface area contributed by atoms with Crippen LogP contribution >= 0.6 is 0 Å². The molecule has 3 aromatic heterocycles. The molecular formula is C23H30FN7O6S. The highest BCUT2D eigenvalue weighted by atomic mass is 32.2. The van der Waals surface area contributed by atoms with Crippen LogP contribution in [0.1, 0.15) is 56.7 Å². The lowest BCUT2D eigenvalue weighted by molar-refractivity contribution is 0.00133. The van der Waals surface area contributed by atoms with E-state index in [9.17, 15) is 12.8 Å². The highest BCUT2D eigenvalue weighted by molar-refractivity contribution is 7.91. The summed E-state index contributed by atoms with van der Waals surface area (Å²) in [5.41, 5.74) is 0.277. The van der Waals surface area contributed by atoms with E-state index in [1.54, 1.807) is 18.4 Å². The first-order valence-corrected chi connectivity index (χ1v) is 13.7. The van der Waals surface area contributed by atoms with Crippen LogP contribution in [0.5, 0.6) is 11.8 Å². The molecule has 15 heteroatoms. The molecule has 1 saturated heterocycles. The highest BCUT2D eigenvalue weighted by Crippen LogP contribution is 2.35. The van der Waals surface area contributed by atoms with Gasteiger partial charge in [-0.15, -0.1) is 10.2 Å². The van der Waals surface area contributed by atoms with Crippen LogP contribution in [-0.4, -0.2) is 81.9 Å². The molecule has 0 radical (unpaired) electrons. The Morgan fingerprint density at radius 1 is 1.08 bits per heavy atom. The SMILES string of the molecule is COc1ncnc(OC)c1-n1c(CS(=O)(=O)[C@@H](C)[C@@H](OC(C)C)c2ncc(F)cn2)nnc1[C@@H]1CCOC1. The summed E-state index contributed by atoms with van der Waals surface area (Å²) in [5, 5.41) is 7.47. The average Bonchev–Trinajstić information content (AvgIpc) is 3.56. The molecule has 4 rings (SSSR count). The van der Waals surface area contributed by atoms with Crippen LogP contribution < -0.4 is 9.47 Å². The summed E-state index contributed by atoms with van der Waals surface area (Å²) in [6.45, 7) is 5.95. The van der Waals surface area contributed by atoms with E-state index < -0.39 is 32.8 Å². The third kappa shape index (κ3) is 5.73. The van der Waals surface area contributed by atoms with Crippen LogP contribution in [0.4, 0.5) is 4.39 Å². The Morgan fingerprint density at radius 3 is 2.29 bits per heavy atom. The van der Waals surface area contributed by atoms with Crippen LogP contribution in [0, 0.1) is 5.82 Å². The van der Waals surface area contributed by atoms with Gasteiger partial charge >= 0.3 is 0 Å². The van der Waals surface area contributed by atoms with Gasteiger partial charge in [0.15, 0.2) is 33.0 Å². The monoisotopic (exact) mass is 551 g/mol. The van der Waals surface area contributed by atoms with Gasteiger partial charge in [-0.1, -0.05) is 0 Å². The number of nitrogens with zero attached hydrogens (tertiary/aromatic N) is 7. The largest absolute Gasteiger partial charge is 0.479 e. The van der Waals surface area contributed by atoms with Crippen molar-refractivity contribution < 1.29 is 31.8 Å². The Bertz CT molecular complexity index is 1320. The molecule has 206 valence electrons. The van der Waals surface area contributed by atoms with Gasteiger partial charge in [-0.3, -0.25) is 4.57 Å². The Labute approximate surface area is 219 Å². The Hall–Kier alpha value is -3.30. The predicted molar refractivity (Wildman–Crippen MR) is 131 cm³/mol. The number of hydrogen-bond acceptors (Lipinski definition) is 12. The minimum absolute atomic E-state index is 0.0567. The van der Waals surface area contributed by atoms with E-state index >= 15 is 0 Å². The summed E-state index contributed by atoms with van der Waals surface area (Å²) in [5.74, 6) is -0.353. The second-order valence-electron chi connectivity index (χ2n) is 8.99. The average molecular weight is 552 g/mol. The van der Waals surface area contributed by atoms with Crippen LogP contribution in [0.25, 0.3) is 5.69 Å². The van der Waals surface area contributed by atoms with Gasteiger partial charge in [-0.2, -0.15) is 9.97 Å². The van der Waals surface area contributed by atoms with Gasteiger partial charge in [0.05, 0.1) is 44.6 Å². The number of aromatic nitrogens is 7. The summed E-state index contributed by atoms with van der Waals surface area (Å²) < 4.78 is 64.9. The normalized spacial score (nSPS) is 17.5. The fourth-order valence-corrected chi connectivity index (χ4v) is 5.52. The Kier molecular flexibility index (Phi) is 8.47. The minimum Gasteiger partial charge on any atom is -0.479 e. The van der Waals surface area contributed by atoms with Gasteiger partial charge < -0.3 is 18.9 Å². The van der Waals surface area contributed by atoms with E-state index in [2.05, 4.69) is 30.1 Å². The third-order valence-corrected chi connectivity index (χ3v) is 8.09. The molecule has 0 saturated carbocycles. The molecule has 0 amide bonds. The molecule has 3 atom stereocenters. The number of hydrogen-bond donors (Lipinski definition) is 0. The molecule has 13 nitrogen and oxygen atoms in total. The van der Waals surface area contributed by atoms with Gasteiger partial charge in [0.25, 0.3) is 0 Å². The van der Waals surface area contributed by atoms with Crippen LogP contribution in [0.2, 0.25) is 0 Å². The maximum atomic E-state index is 13.8. The van der Waals surface area contributed by atoms with Gasteiger partial charge in [-0.05, 0) is 27.2 Å². The lowest BCUT2D eigenvalue weighted by atomic mass is 10.1. The van der Waals surface area contributed by atoms with Crippen molar-refractivity contribution in [3.63, 3.8) is 0 Å². The number of halogens is 1. The molecule has 38 heavy (non-hydrogen) atoms. The van der Waals surface area contributed by atoms with E-state index in [0.29, 0.717) is 25.5 Å². The maximum absolute atomic E-state index is 13.8. The summed E-state index contributed by atoms with van der Waals surface area (Å²) in [7, 11) is -1.10. The molecule has 0 spiro atoms. The molecule has 0 aliphatic carbocycles. The predicted octanol–water partition coefficient (Wildman–Crippen LogP) is 1.98. The van der Waals surface area contributed by atoms with Crippen molar-refractivity contribution >= 4 is 9.84 Å². The van der Waals surface area contributed by atoms with Crippen LogP contribution in [-0.2, 0) is 25.1 Å². The number of rotatable bonds is 11. The first-order chi connectivity index (χ1) is 18.2. The Morgan fingerprint density at radius 2 is 1.74 bits per heavy atom. The molecule has 1 aliphatic heterocycles. The quantitative estimate of drug-likeness (QED) is 0.342. The molecule has 1 aliphatic rings. The molecule has 0 bridgehead atoms. The zero-order chi connectivity index (χ0) is 27.4. The number of methoxy groups -OCH3 is 2. The minimum atomic E-state index is -3.97. The zero-order valence-corrected chi connectivity index (χ0v) is 22.6. The molecular weight excluding hydrogens is 521 g/mol. The van der Waals surface area contributed by atoms with Crippen LogP contribution in [0.15, 0.2) is 18.7 Å². The van der Waals surface area contributed by atoms with Crippen molar-refractivity contribution in [3.05, 3.63) is 42.0 Å². The van der Waals surface area contributed by atoms with Crippen molar-refractivity contribution in [3.8, 4) is 17.4 Å². The van der Waals surface area contributed by atoms with Crippen molar-refractivity contribution in [1.82, 2.24) is 34.7 Å². The molecule has 1 fully saturated rings.